The van der Waals surface area contributed by atoms with Crippen LogP contribution in [0, 0.1) is 19.3 Å². The summed E-state index contributed by atoms with van der Waals surface area (Å²) >= 11 is 1.83. The third-order valence-corrected chi connectivity index (χ3v) is 3.70. The highest BCUT2D eigenvalue weighted by molar-refractivity contribution is 7.10. The normalized spacial score (nSPS) is 12.3. The minimum absolute atomic E-state index is 0.468. The molecule has 1 aromatic heterocycles. The Hall–Kier alpha value is -0.780. The molecule has 0 aliphatic carbocycles. The van der Waals surface area contributed by atoms with Crippen molar-refractivity contribution in [1.29, 1.82) is 0 Å². The summed E-state index contributed by atoms with van der Waals surface area (Å²) in [4.78, 5) is 1.45. The molecule has 0 spiro atoms. The monoisotopic (exact) mass is 221 g/mol. The van der Waals surface area contributed by atoms with E-state index >= 15 is 0 Å². The summed E-state index contributed by atoms with van der Waals surface area (Å²) in [6, 6.07) is 2.65. The molecule has 0 aliphatic rings. The molecule has 0 fully saturated rings. The smallest absolute Gasteiger partial charge is 0.0388 e. The van der Waals surface area contributed by atoms with Crippen molar-refractivity contribution in [1.82, 2.24) is 5.32 Å². The van der Waals surface area contributed by atoms with Crippen molar-refractivity contribution in [2.45, 2.75) is 39.2 Å². The molecule has 1 unspecified atom stereocenters. The van der Waals surface area contributed by atoms with Crippen LogP contribution in [0.3, 0.4) is 0 Å². The Balaban J connectivity index is 2.23. The number of rotatable bonds is 6. The maximum Gasteiger partial charge on any atom is 0.0388 e. The van der Waals surface area contributed by atoms with Crippen LogP contribution in [0.2, 0.25) is 0 Å². The van der Waals surface area contributed by atoms with Crippen LogP contribution in [-0.4, -0.2) is 6.54 Å². The standard InChI is InChI=1S/C13H19NS/c1-4-5-6-7-9-14-12(3)13-11(2)8-10-15-13/h1,8,10,12,14H,5-7,9H2,2-3H3. The van der Waals surface area contributed by atoms with Crippen LogP contribution >= 0.6 is 11.3 Å². The number of unbranched alkanes of at least 4 members (excludes halogenated alkanes) is 2. The van der Waals surface area contributed by atoms with Gasteiger partial charge < -0.3 is 5.32 Å². The Morgan fingerprint density at radius 1 is 1.53 bits per heavy atom. The molecule has 1 heterocycles. The molecule has 1 rings (SSSR count). The van der Waals surface area contributed by atoms with Gasteiger partial charge in [-0.2, -0.15) is 0 Å². The first kappa shape index (κ1) is 12.3. The molecule has 1 N–H and O–H groups in total. The molecular weight excluding hydrogens is 202 g/mol. The first-order valence-corrected chi connectivity index (χ1v) is 6.34. The average molecular weight is 221 g/mol. The Kier molecular flexibility index (Phi) is 5.45. The minimum atomic E-state index is 0.468. The van der Waals surface area contributed by atoms with Gasteiger partial charge in [-0.15, -0.1) is 23.7 Å². The van der Waals surface area contributed by atoms with Crippen molar-refractivity contribution in [2.24, 2.45) is 0 Å². The molecule has 1 aromatic rings. The van der Waals surface area contributed by atoms with Gasteiger partial charge in [0.05, 0.1) is 0 Å². The lowest BCUT2D eigenvalue weighted by Gasteiger charge is -2.12. The highest BCUT2D eigenvalue weighted by atomic mass is 32.1. The van der Waals surface area contributed by atoms with Gasteiger partial charge in [-0.25, -0.2) is 0 Å². The number of thiophene rings is 1. The van der Waals surface area contributed by atoms with E-state index in [1.807, 2.05) is 11.3 Å². The summed E-state index contributed by atoms with van der Waals surface area (Å²) in [5, 5.41) is 5.68. The van der Waals surface area contributed by atoms with Crippen molar-refractivity contribution in [3.63, 3.8) is 0 Å². The number of terminal acetylenes is 1. The molecule has 0 bridgehead atoms. The van der Waals surface area contributed by atoms with E-state index in [2.05, 4.69) is 36.5 Å². The second-order valence-electron chi connectivity index (χ2n) is 3.80. The summed E-state index contributed by atoms with van der Waals surface area (Å²) in [5.41, 5.74) is 1.39. The Bertz CT molecular complexity index is 322. The predicted molar refractivity (Wildman–Crippen MR) is 68.2 cm³/mol. The average Bonchev–Trinajstić information content (AvgIpc) is 2.64. The lowest BCUT2D eigenvalue weighted by atomic mass is 10.2. The zero-order chi connectivity index (χ0) is 11.1. The zero-order valence-corrected chi connectivity index (χ0v) is 10.4. The van der Waals surface area contributed by atoms with E-state index in [0.717, 1.165) is 19.4 Å². The van der Waals surface area contributed by atoms with Crippen molar-refractivity contribution in [2.75, 3.05) is 6.54 Å². The molecule has 0 radical (unpaired) electrons. The summed E-state index contributed by atoms with van der Waals surface area (Å²) in [5.74, 6) is 2.67. The molecule has 0 aliphatic heterocycles. The van der Waals surface area contributed by atoms with E-state index in [1.54, 1.807) is 0 Å². The lowest BCUT2D eigenvalue weighted by molar-refractivity contribution is 0.554. The fourth-order valence-corrected chi connectivity index (χ4v) is 2.55. The molecule has 2 heteroatoms. The Morgan fingerprint density at radius 2 is 2.33 bits per heavy atom. The summed E-state index contributed by atoms with van der Waals surface area (Å²) in [6.07, 6.45) is 8.39. The number of nitrogens with one attached hydrogen (secondary N) is 1. The van der Waals surface area contributed by atoms with E-state index in [-0.39, 0.29) is 0 Å². The van der Waals surface area contributed by atoms with Gasteiger partial charge >= 0.3 is 0 Å². The summed E-state index contributed by atoms with van der Waals surface area (Å²) < 4.78 is 0. The largest absolute Gasteiger partial charge is 0.309 e. The van der Waals surface area contributed by atoms with Gasteiger partial charge in [0.15, 0.2) is 0 Å². The fraction of sp³-hybridized carbons (Fsp3) is 0.538. The van der Waals surface area contributed by atoms with Crippen LogP contribution in [0.25, 0.3) is 0 Å². The van der Waals surface area contributed by atoms with Crippen LogP contribution in [0.4, 0.5) is 0 Å². The maximum absolute atomic E-state index is 5.20. The first-order chi connectivity index (χ1) is 7.25. The van der Waals surface area contributed by atoms with Crippen LogP contribution in [0.1, 0.15) is 42.7 Å². The summed E-state index contributed by atoms with van der Waals surface area (Å²) in [7, 11) is 0. The third-order valence-electron chi connectivity index (χ3n) is 2.49. The van der Waals surface area contributed by atoms with Crippen LogP contribution < -0.4 is 5.32 Å². The van der Waals surface area contributed by atoms with Gasteiger partial charge in [0.1, 0.15) is 0 Å². The van der Waals surface area contributed by atoms with Crippen LogP contribution in [-0.2, 0) is 0 Å². The maximum atomic E-state index is 5.20. The van der Waals surface area contributed by atoms with E-state index in [4.69, 9.17) is 6.42 Å². The van der Waals surface area contributed by atoms with Gasteiger partial charge in [-0.3, -0.25) is 0 Å². The van der Waals surface area contributed by atoms with E-state index in [0.29, 0.717) is 6.04 Å². The molecule has 0 saturated heterocycles. The minimum Gasteiger partial charge on any atom is -0.309 e. The number of hydrogen-bond donors (Lipinski definition) is 1. The molecule has 0 aromatic carbocycles. The van der Waals surface area contributed by atoms with Gasteiger partial charge in [0, 0.05) is 17.3 Å². The third kappa shape index (κ3) is 4.07. The van der Waals surface area contributed by atoms with E-state index in [1.165, 1.54) is 16.9 Å². The second-order valence-corrected chi connectivity index (χ2v) is 4.75. The Labute approximate surface area is 96.9 Å². The van der Waals surface area contributed by atoms with Gasteiger partial charge in [0.2, 0.25) is 0 Å². The van der Waals surface area contributed by atoms with E-state index in [9.17, 15) is 0 Å². The molecule has 0 saturated carbocycles. The highest BCUT2D eigenvalue weighted by Gasteiger charge is 2.07. The molecule has 1 nitrogen and oxygen atoms in total. The molecular formula is C13H19NS. The van der Waals surface area contributed by atoms with E-state index < -0.39 is 0 Å². The quantitative estimate of drug-likeness (QED) is 0.572. The van der Waals surface area contributed by atoms with Crippen molar-refractivity contribution in [3.8, 4) is 12.3 Å². The van der Waals surface area contributed by atoms with Crippen molar-refractivity contribution in [3.05, 3.63) is 21.9 Å². The van der Waals surface area contributed by atoms with Crippen LogP contribution in [0.15, 0.2) is 11.4 Å². The van der Waals surface area contributed by atoms with Gasteiger partial charge in [0.25, 0.3) is 0 Å². The zero-order valence-electron chi connectivity index (χ0n) is 9.55. The number of aryl methyl sites for hydroxylation is 1. The van der Waals surface area contributed by atoms with Crippen molar-refractivity contribution >= 4 is 11.3 Å². The lowest BCUT2D eigenvalue weighted by Crippen LogP contribution is -2.19. The fourth-order valence-electron chi connectivity index (χ4n) is 1.59. The SMILES string of the molecule is C#CCCCCNC(C)c1sccc1C. The molecule has 15 heavy (non-hydrogen) atoms. The van der Waals surface area contributed by atoms with Crippen LogP contribution in [0.5, 0.6) is 0 Å². The van der Waals surface area contributed by atoms with Gasteiger partial charge in [-0.1, -0.05) is 0 Å². The molecule has 1 atom stereocenters. The second kappa shape index (κ2) is 6.66. The topological polar surface area (TPSA) is 12.0 Å². The molecule has 82 valence electrons. The molecule has 0 amide bonds. The predicted octanol–water partition coefficient (Wildman–Crippen LogP) is 3.51. The Morgan fingerprint density at radius 3 is 2.93 bits per heavy atom. The number of hydrogen-bond acceptors (Lipinski definition) is 2. The van der Waals surface area contributed by atoms with Gasteiger partial charge in [-0.05, 0) is 50.2 Å². The highest BCUT2D eigenvalue weighted by Crippen LogP contribution is 2.23. The first-order valence-electron chi connectivity index (χ1n) is 5.46. The summed E-state index contributed by atoms with van der Waals surface area (Å²) in [6.45, 7) is 5.45. The van der Waals surface area contributed by atoms with Crippen molar-refractivity contribution < 1.29 is 0 Å².